The Bertz CT molecular complexity index is 1770. The highest BCUT2D eigenvalue weighted by atomic mass is 19.4. The first-order valence-corrected chi connectivity index (χ1v) is 12.5. The third-order valence-corrected chi connectivity index (χ3v) is 6.74. The molecule has 3 aromatic heterocycles. The van der Waals surface area contributed by atoms with Gasteiger partial charge in [0.1, 0.15) is 17.4 Å². The molecule has 0 fully saturated rings. The van der Waals surface area contributed by atoms with Gasteiger partial charge in [-0.05, 0) is 42.8 Å². The fourth-order valence-electron chi connectivity index (χ4n) is 4.51. The molecule has 42 heavy (non-hydrogen) atoms. The van der Waals surface area contributed by atoms with Crippen LogP contribution in [0.2, 0.25) is 0 Å². The van der Waals surface area contributed by atoms with Crippen LogP contribution in [0, 0.1) is 11.6 Å². The number of rotatable bonds is 7. The number of pyridine rings is 2. The number of alkyl halides is 3. The number of fused-ring (bicyclic) bond motifs is 1. The molecule has 1 atom stereocenters. The van der Waals surface area contributed by atoms with Gasteiger partial charge in [-0.15, -0.1) is 0 Å². The van der Waals surface area contributed by atoms with E-state index in [1.54, 1.807) is 24.3 Å². The zero-order valence-electron chi connectivity index (χ0n) is 22.2. The van der Waals surface area contributed by atoms with E-state index in [-0.39, 0.29) is 57.2 Å². The maximum atomic E-state index is 14.0. The molecular weight excluding hydrogens is 559 g/mol. The van der Waals surface area contributed by atoms with Crippen LogP contribution in [-0.4, -0.2) is 39.4 Å². The van der Waals surface area contributed by atoms with Crippen LogP contribution in [0.15, 0.2) is 60.8 Å². The van der Waals surface area contributed by atoms with E-state index >= 15 is 0 Å². The zero-order chi connectivity index (χ0) is 30.2. The third kappa shape index (κ3) is 5.45. The summed E-state index contributed by atoms with van der Waals surface area (Å²) in [7, 11) is 1.37. The Morgan fingerprint density at radius 1 is 1.07 bits per heavy atom. The van der Waals surface area contributed by atoms with Crippen LogP contribution in [0.4, 0.5) is 27.8 Å². The number of nitrogens with zero attached hydrogens (tertiary/aromatic N) is 3. The first kappa shape index (κ1) is 28.5. The number of methoxy groups -OCH3 is 1. The van der Waals surface area contributed by atoms with Crippen LogP contribution >= 0.6 is 0 Å². The van der Waals surface area contributed by atoms with Gasteiger partial charge in [0.2, 0.25) is 0 Å². The molecule has 5 aromatic rings. The Morgan fingerprint density at radius 3 is 2.43 bits per heavy atom. The smallest absolute Gasteiger partial charge is 0.397 e. The Morgan fingerprint density at radius 2 is 1.79 bits per heavy atom. The van der Waals surface area contributed by atoms with E-state index in [0.29, 0.717) is 11.1 Å². The van der Waals surface area contributed by atoms with Crippen molar-refractivity contribution in [2.45, 2.75) is 25.6 Å². The number of nitrogen functional groups attached to an aromatic ring is 1. The number of aromatic nitrogens is 4. The van der Waals surface area contributed by atoms with Crippen molar-refractivity contribution in [3.05, 3.63) is 89.2 Å². The molecule has 0 bridgehead atoms. The van der Waals surface area contributed by atoms with Gasteiger partial charge >= 0.3 is 6.18 Å². The van der Waals surface area contributed by atoms with E-state index in [9.17, 15) is 26.7 Å². The predicted octanol–water partition coefficient (Wildman–Crippen LogP) is 6.15. The number of amides is 1. The molecule has 3 heterocycles. The van der Waals surface area contributed by atoms with Gasteiger partial charge in [0.15, 0.2) is 5.82 Å². The Hall–Kier alpha value is -5.07. The van der Waals surface area contributed by atoms with Crippen molar-refractivity contribution in [1.82, 2.24) is 25.5 Å². The summed E-state index contributed by atoms with van der Waals surface area (Å²) in [6.45, 7) is 1.05. The molecular formula is C29H23F5N6O2. The van der Waals surface area contributed by atoms with Gasteiger partial charge < -0.3 is 15.8 Å². The topological polar surface area (TPSA) is 119 Å². The van der Waals surface area contributed by atoms with Crippen molar-refractivity contribution in [3.8, 4) is 28.3 Å². The average molecular weight is 583 g/mol. The van der Waals surface area contributed by atoms with E-state index in [0.717, 1.165) is 25.3 Å². The zero-order valence-corrected chi connectivity index (χ0v) is 22.2. The van der Waals surface area contributed by atoms with Gasteiger partial charge in [0, 0.05) is 17.7 Å². The van der Waals surface area contributed by atoms with Gasteiger partial charge in [-0.2, -0.15) is 18.3 Å². The molecule has 0 aliphatic heterocycles. The lowest BCUT2D eigenvalue weighted by Gasteiger charge is -2.20. The van der Waals surface area contributed by atoms with Gasteiger partial charge in [-0.1, -0.05) is 24.3 Å². The molecule has 0 spiro atoms. The summed E-state index contributed by atoms with van der Waals surface area (Å²) < 4.78 is 74.4. The van der Waals surface area contributed by atoms with Gasteiger partial charge in [0.25, 0.3) is 5.91 Å². The molecule has 216 valence electrons. The van der Waals surface area contributed by atoms with Crippen LogP contribution in [0.1, 0.15) is 34.5 Å². The minimum atomic E-state index is -4.65. The summed E-state index contributed by atoms with van der Waals surface area (Å²) in [5.41, 5.74) is 7.29. The van der Waals surface area contributed by atoms with E-state index in [2.05, 4.69) is 25.5 Å². The fourth-order valence-corrected chi connectivity index (χ4v) is 4.51. The summed E-state index contributed by atoms with van der Waals surface area (Å²) in [4.78, 5) is 21.0. The molecule has 8 nitrogen and oxygen atoms in total. The lowest BCUT2D eigenvalue weighted by atomic mass is 9.94. The standard InChI is InChI=1S/C29H23F5N6O2/c1-14(29(32,33)34)24-22(20-9-7-18(31)13-36-20)26-23(27(35)40-39-26)25(38-24)16-5-3-15(4-6-16)12-37-28(41)19-11-17(30)8-10-21(19)42-2/h3-11,13-14H,12H2,1-2H3,(H,37,41)(H3,35,39,40). The number of benzene rings is 2. The number of carbonyl (C=O) groups is 1. The maximum absolute atomic E-state index is 14.0. The number of nitrogens with one attached hydrogen (secondary N) is 2. The summed E-state index contributed by atoms with van der Waals surface area (Å²) >= 11 is 0. The van der Waals surface area contributed by atoms with Gasteiger partial charge in [-0.25, -0.2) is 8.78 Å². The second-order valence-corrected chi connectivity index (χ2v) is 9.43. The van der Waals surface area contributed by atoms with Crippen LogP contribution in [0.25, 0.3) is 33.4 Å². The molecule has 1 unspecified atom stereocenters. The third-order valence-electron chi connectivity index (χ3n) is 6.74. The summed E-state index contributed by atoms with van der Waals surface area (Å²) in [6, 6.07) is 12.5. The maximum Gasteiger partial charge on any atom is 0.397 e. The Kier molecular flexibility index (Phi) is 7.50. The van der Waals surface area contributed by atoms with Crippen LogP contribution in [0.3, 0.4) is 0 Å². The molecule has 5 rings (SSSR count). The van der Waals surface area contributed by atoms with Crippen molar-refractivity contribution >= 4 is 22.6 Å². The van der Waals surface area contributed by atoms with Crippen molar-refractivity contribution < 1.29 is 31.5 Å². The van der Waals surface area contributed by atoms with Crippen LogP contribution in [-0.2, 0) is 6.54 Å². The summed E-state index contributed by atoms with van der Waals surface area (Å²) in [5.74, 6) is -3.60. The minimum absolute atomic E-state index is 0.00227. The normalized spacial score (nSPS) is 12.4. The van der Waals surface area contributed by atoms with E-state index in [1.165, 1.54) is 25.3 Å². The van der Waals surface area contributed by atoms with E-state index in [4.69, 9.17) is 10.5 Å². The molecule has 0 aliphatic carbocycles. The van der Waals surface area contributed by atoms with Crippen molar-refractivity contribution in [2.75, 3.05) is 12.8 Å². The molecule has 0 aliphatic rings. The minimum Gasteiger partial charge on any atom is -0.496 e. The molecule has 0 radical (unpaired) electrons. The number of halogens is 5. The molecule has 4 N–H and O–H groups in total. The number of carbonyl (C=O) groups excluding carboxylic acids is 1. The number of hydrogen-bond acceptors (Lipinski definition) is 6. The van der Waals surface area contributed by atoms with E-state index < -0.39 is 29.6 Å². The van der Waals surface area contributed by atoms with Gasteiger partial charge in [-0.3, -0.25) is 19.9 Å². The molecule has 0 saturated heterocycles. The molecule has 13 heteroatoms. The average Bonchev–Trinajstić information content (AvgIpc) is 3.36. The van der Waals surface area contributed by atoms with Crippen molar-refractivity contribution in [3.63, 3.8) is 0 Å². The summed E-state index contributed by atoms with van der Waals surface area (Å²) in [6.07, 6.45) is -3.75. The van der Waals surface area contributed by atoms with Crippen LogP contribution in [0.5, 0.6) is 5.75 Å². The Labute approximate surface area is 235 Å². The highest BCUT2D eigenvalue weighted by molar-refractivity contribution is 6.06. The van der Waals surface area contributed by atoms with Crippen LogP contribution < -0.4 is 15.8 Å². The van der Waals surface area contributed by atoms with Crippen molar-refractivity contribution in [2.24, 2.45) is 0 Å². The molecule has 0 saturated carbocycles. The SMILES string of the molecule is COc1ccc(F)cc1C(=O)NCc1ccc(-c2nc(C(C)C(F)(F)F)c(-c3ccc(F)cn3)c3[nH]nc(N)c23)cc1. The highest BCUT2D eigenvalue weighted by Crippen LogP contribution is 2.44. The number of aromatic amines is 1. The second kappa shape index (κ2) is 11.1. The largest absolute Gasteiger partial charge is 0.496 e. The van der Waals surface area contributed by atoms with Gasteiger partial charge in [0.05, 0.1) is 52.8 Å². The lowest BCUT2D eigenvalue weighted by molar-refractivity contribution is -0.146. The predicted molar refractivity (Wildman–Crippen MR) is 146 cm³/mol. The quantitative estimate of drug-likeness (QED) is 0.198. The first-order chi connectivity index (χ1) is 20.0. The van der Waals surface area contributed by atoms with E-state index in [1.807, 2.05) is 0 Å². The van der Waals surface area contributed by atoms with Crippen molar-refractivity contribution in [1.29, 1.82) is 0 Å². The molecule has 1 amide bonds. The number of hydrogen-bond donors (Lipinski definition) is 3. The Balaban J connectivity index is 1.53. The number of ether oxygens (including phenoxy) is 1. The second-order valence-electron chi connectivity index (χ2n) is 9.43. The monoisotopic (exact) mass is 582 g/mol. The highest BCUT2D eigenvalue weighted by Gasteiger charge is 2.41. The number of nitrogens with two attached hydrogens (primary N) is 1. The molecule has 2 aromatic carbocycles. The number of anilines is 1. The summed E-state index contributed by atoms with van der Waals surface area (Å²) in [5, 5.41) is 9.67. The first-order valence-electron chi connectivity index (χ1n) is 12.5. The number of H-pyrrole nitrogens is 1. The lowest BCUT2D eigenvalue weighted by Crippen LogP contribution is -2.23. The fraction of sp³-hybridized carbons (Fsp3) is 0.172.